The van der Waals surface area contributed by atoms with E-state index in [9.17, 15) is 9.59 Å². The molecule has 20 heavy (non-hydrogen) atoms. The molecule has 0 aromatic carbocycles. The summed E-state index contributed by atoms with van der Waals surface area (Å²) in [5.74, 6) is -0.352. The van der Waals surface area contributed by atoms with Crippen LogP contribution in [0.5, 0.6) is 0 Å². The lowest BCUT2D eigenvalue weighted by molar-refractivity contribution is -0.121. The topological polar surface area (TPSA) is 93.7 Å². The maximum Gasteiger partial charge on any atom is 0.321 e. The molecule has 0 bridgehead atoms. The van der Waals surface area contributed by atoms with Crippen molar-refractivity contribution in [2.45, 2.75) is 38.8 Å². The zero-order valence-electron chi connectivity index (χ0n) is 12.3. The molecule has 4 N–H and O–H groups in total. The fraction of sp³-hybridized carbons (Fsp3) is 0.846. The van der Waals surface area contributed by atoms with Crippen molar-refractivity contribution in [1.29, 1.82) is 0 Å². The molecule has 1 aliphatic rings. The third-order valence-electron chi connectivity index (χ3n) is 3.10. The number of urea groups is 1. The van der Waals surface area contributed by atoms with E-state index < -0.39 is 6.03 Å². The molecule has 1 aliphatic heterocycles. The van der Waals surface area contributed by atoms with Gasteiger partial charge in [-0.2, -0.15) is 0 Å². The fourth-order valence-corrected chi connectivity index (χ4v) is 2.27. The summed E-state index contributed by atoms with van der Waals surface area (Å²) in [6.07, 6.45) is 2.22. The van der Waals surface area contributed by atoms with Gasteiger partial charge in [-0.3, -0.25) is 15.0 Å². The smallest absolute Gasteiger partial charge is 0.321 e. The van der Waals surface area contributed by atoms with E-state index in [2.05, 4.69) is 16.0 Å². The van der Waals surface area contributed by atoms with Gasteiger partial charge in [-0.15, -0.1) is 0 Å². The van der Waals surface area contributed by atoms with Crippen LogP contribution in [0.15, 0.2) is 0 Å². The molecule has 0 aliphatic carbocycles. The highest BCUT2D eigenvalue weighted by molar-refractivity contribution is 5.95. The molecule has 0 aromatic heterocycles. The normalized spacial score (nSPS) is 18.6. The van der Waals surface area contributed by atoms with Gasteiger partial charge >= 0.3 is 6.03 Å². The number of hydrogen-bond donors (Lipinski definition) is 4. The number of aliphatic hydroxyl groups excluding tert-OH is 1. The summed E-state index contributed by atoms with van der Waals surface area (Å²) in [7, 11) is 0. The number of nitrogens with zero attached hydrogens (tertiary/aromatic N) is 1. The maximum absolute atomic E-state index is 11.8. The molecule has 7 nitrogen and oxygen atoms in total. The minimum absolute atomic E-state index is 0.00180. The standard InChI is InChI=1S/C13H26N4O3/c1-10(2)15-13(20)16-12(19)9-17(6-7-18)8-11-4-3-5-14-11/h10-11,14,18H,3-9H2,1-2H3,(H2,15,16,19,20). The van der Waals surface area contributed by atoms with Crippen molar-refractivity contribution >= 4 is 11.9 Å². The van der Waals surface area contributed by atoms with Crippen LogP contribution in [0.1, 0.15) is 26.7 Å². The molecule has 1 unspecified atom stereocenters. The number of aliphatic hydroxyl groups is 1. The van der Waals surface area contributed by atoms with Gasteiger partial charge in [-0.05, 0) is 33.2 Å². The molecule has 0 radical (unpaired) electrons. The van der Waals surface area contributed by atoms with Gasteiger partial charge in [-0.25, -0.2) is 4.79 Å². The summed E-state index contributed by atoms with van der Waals surface area (Å²) < 4.78 is 0. The first-order valence-corrected chi connectivity index (χ1v) is 7.18. The molecule has 1 heterocycles. The minimum atomic E-state index is -0.479. The van der Waals surface area contributed by atoms with Crippen molar-refractivity contribution in [3.63, 3.8) is 0 Å². The maximum atomic E-state index is 11.8. The number of hydrogen-bond acceptors (Lipinski definition) is 5. The molecule has 0 spiro atoms. The number of nitrogens with one attached hydrogen (secondary N) is 3. The number of rotatable bonds is 7. The Morgan fingerprint density at radius 3 is 2.75 bits per heavy atom. The van der Waals surface area contributed by atoms with Gasteiger partial charge in [0.25, 0.3) is 0 Å². The van der Waals surface area contributed by atoms with Crippen LogP contribution in [0, 0.1) is 0 Å². The van der Waals surface area contributed by atoms with E-state index in [1.165, 1.54) is 0 Å². The summed E-state index contributed by atoms with van der Waals surface area (Å²) in [6.45, 7) is 5.90. The average molecular weight is 286 g/mol. The van der Waals surface area contributed by atoms with Gasteiger partial charge in [0.2, 0.25) is 5.91 Å². The Hall–Kier alpha value is -1.18. The van der Waals surface area contributed by atoms with Gasteiger partial charge in [0.1, 0.15) is 0 Å². The van der Waals surface area contributed by atoms with E-state index in [0.29, 0.717) is 19.1 Å². The fourth-order valence-electron chi connectivity index (χ4n) is 2.27. The molecule has 1 fully saturated rings. The first-order chi connectivity index (χ1) is 9.51. The summed E-state index contributed by atoms with van der Waals surface area (Å²) in [4.78, 5) is 25.1. The third kappa shape index (κ3) is 6.83. The largest absolute Gasteiger partial charge is 0.395 e. The number of carbonyl (C=O) groups is 2. The van der Waals surface area contributed by atoms with E-state index in [-0.39, 0.29) is 25.1 Å². The van der Waals surface area contributed by atoms with E-state index in [1.807, 2.05) is 18.7 Å². The van der Waals surface area contributed by atoms with Crippen molar-refractivity contribution in [2.75, 3.05) is 32.8 Å². The van der Waals surface area contributed by atoms with Gasteiger partial charge in [0.15, 0.2) is 0 Å². The van der Waals surface area contributed by atoms with Crippen LogP contribution >= 0.6 is 0 Å². The minimum Gasteiger partial charge on any atom is -0.395 e. The van der Waals surface area contributed by atoms with E-state index in [0.717, 1.165) is 19.4 Å². The molecule has 116 valence electrons. The second kappa shape index (κ2) is 8.89. The Morgan fingerprint density at radius 1 is 1.45 bits per heavy atom. The van der Waals surface area contributed by atoms with Gasteiger partial charge in [0.05, 0.1) is 13.2 Å². The van der Waals surface area contributed by atoms with Crippen LogP contribution in [0.3, 0.4) is 0 Å². The summed E-state index contributed by atoms with van der Waals surface area (Å²) >= 11 is 0. The number of carbonyl (C=O) groups excluding carboxylic acids is 2. The molecule has 1 rings (SSSR count). The van der Waals surface area contributed by atoms with Crippen LogP contribution in [0.25, 0.3) is 0 Å². The third-order valence-corrected chi connectivity index (χ3v) is 3.10. The summed E-state index contributed by atoms with van der Waals surface area (Å²) in [5, 5.41) is 17.3. The lowest BCUT2D eigenvalue weighted by atomic mass is 10.2. The zero-order valence-corrected chi connectivity index (χ0v) is 12.3. The zero-order chi connectivity index (χ0) is 15.0. The second-order valence-corrected chi connectivity index (χ2v) is 5.43. The van der Waals surface area contributed by atoms with Crippen LogP contribution < -0.4 is 16.0 Å². The molecule has 3 amide bonds. The van der Waals surface area contributed by atoms with Crippen LogP contribution in [0.2, 0.25) is 0 Å². The molecule has 1 atom stereocenters. The number of amides is 3. The van der Waals surface area contributed by atoms with Crippen molar-refractivity contribution < 1.29 is 14.7 Å². The highest BCUT2D eigenvalue weighted by Gasteiger charge is 2.20. The molecule has 0 saturated carbocycles. The van der Waals surface area contributed by atoms with E-state index in [1.54, 1.807) is 0 Å². The Bertz CT molecular complexity index is 317. The number of imide groups is 1. The first-order valence-electron chi connectivity index (χ1n) is 7.18. The SMILES string of the molecule is CC(C)NC(=O)NC(=O)CN(CCO)CC1CCCN1. The van der Waals surface area contributed by atoms with Gasteiger partial charge < -0.3 is 15.7 Å². The van der Waals surface area contributed by atoms with Gasteiger partial charge in [-0.1, -0.05) is 0 Å². The van der Waals surface area contributed by atoms with E-state index in [4.69, 9.17) is 5.11 Å². The predicted octanol–water partition coefficient (Wildman–Crippen LogP) is -0.733. The van der Waals surface area contributed by atoms with Crippen molar-refractivity contribution in [2.24, 2.45) is 0 Å². The Labute approximate surface area is 120 Å². The highest BCUT2D eigenvalue weighted by Crippen LogP contribution is 2.06. The van der Waals surface area contributed by atoms with E-state index >= 15 is 0 Å². The molecular weight excluding hydrogens is 260 g/mol. The average Bonchev–Trinajstić information content (AvgIpc) is 2.80. The molecular formula is C13H26N4O3. The van der Waals surface area contributed by atoms with Crippen LogP contribution in [0.4, 0.5) is 4.79 Å². The predicted molar refractivity (Wildman–Crippen MR) is 76.4 cm³/mol. The second-order valence-electron chi connectivity index (χ2n) is 5.43. The summed E-state index contributed by atoms with van der Waals surface area (Å²) in [5.41, 5.74) is 0. The Morgan fingerprint density at radius 2 is 2.20 bits per heavy atom. The lowest BCUT2D eigenvalue weighted by Crippen LogP contribution is -2.48. The van der Waals surface area contributed by atoms with Crippen LogP contribution in [-0.2, 0) is 4.79 Å². The van der Waals surface area contributed by atoms with Gasteiger partial charge in [0, 0.05) is 25.2 Å². The molecule has 1 saturated heterocycles. The Balaban J connectivity index is 2.35. The summed E-state index contributed by atoms with van der Waals surface area (Å²) in [6, 6.07) is -0.134. The van der Waals surface area contributed by atoms with Crippen molar-refractivity contribution in [1.82, 2.24) is 20.9 Å². The molecule has 0 aromatic rings. The quantitative estimate of drug-likeness (QED) is 0.495. The van der Waals surface area contributed by atoms with Crippen LogP contribution in [-0.4, -0.2) is 66.8 Å². The Kier molecular flexibility index (Phi) is 7.50. The molecule has 7 heteroatoms. The van der Waals surface area contributed by atoms with Crippen molar-refractivity contribution in [3.05, 3.63) is 0 Å². The lowest BCUT2D eigenvalue weighted by Gasteiger charge is -2.24. The highest BCUT2D eigenvalue weighted by atomic mass is 16.3. The monoisotopic (exact) mass is 286 g/mol. The first kappa shape index (κ1) is 16.9. The van der Waals surface area contributed by atoms with Crippen molar-refractivity contribution in [3.8, 4) is 0 Å².